The Kier molecular flexibility index (Phi) is 4.36. The lowest BCUT2D eigenvalue weighted by molar-refractivity contribution is 0.600. The standard InChI is InChI=1S/C16H17N5O2S/c1-21(13-7-9-24(22,23)11-13)15-6-8-18-16(20-15)19-14-5-3-2-4-12(14)10-17/h2-6,8,13H,7,9,11H2,1H3,(H,18,19,20). The maximum absolute atomic E-state index is 11.7. The van der Waals surface area contributed by atoms with Crippen LogP contribution in [-0.2, 0) is 9.84 Å². The van der Waals surface area contributed by atoms with Gasteiger partial charge in [-0.05, 0) is 24.6 Å². The first-order valence-electron chi connectivity index (χ1n) is 7.51. The van der Waals surface area contributed by atoms with Gasteiger partial charge in [0.05, 0.1) is 22.8 Å². The van der Waals surface area contributed by atoms with Gasteiger partial charge in [-0.25, -0.2) is 13.4 Å². The molecule has 1 aromatic carbocycles. The van der Waals surface area contributed by atoms with Gasteiger partial charge in [0.1, 0.15) is 11.9 Å². The van der Waals surface area contributed by atoms with E-state index in [0.29, 0.717) is 29.4 Å². The van der Waals surface area contributed by atoms with Crippen molar-refractivity contribution in [3.63, 3.8) is 0 Å². The van der Waals surface area contributed by atoms with Crippen molar-refractivity contribution in [1.29, 1.82) is 5.26 Å². The number of hydrogen-bond acceptors (Lipinski definition) is 7. The van der Waals surface area contributed by atoms with E-state index in [9.17, 15) is 8.42 Å². The number of anilines is 3. The first kappa shape index (κ1) is 16.2. The molecule has 0 amide bonds. The van der Waals surface area contributed by atoms with Gasteiger partial charge in [-0.1, -0.05) is 12.1 Å². The molecule has 124 valence electrons. The van der Waals surface area contributed by atoms with Crippen molar-refractivity contribution in [2.45, 2.75) is 12.5 Å². The maximum Gasteiger partial charge on any atom is 0.229 e. The highest BCUT2D eigenvalue weighted by Gasteiger charge is 2.31. The van der Waals surface area contributed by atoms with Gasteiger partial charge in [0.25, 0.3) is 0 Å². The molecule has 8 heteroatoms. The van der Waals surface area contributed by atoms with E-state index in [2.05, 4.69) is 21.4 Å². The number of hydrogen-bond donors (Lipinski definition) is 1. The summed E-state index contributed by atoms with van der Waals surface area (Å²) in [5.41, 5.74) is 1.13. The topological polar surface area (TPSA) is 99.0 Å². The van der Waals surface area contributed by atoms with Gasteiger partial charge in [0, 0.05) is 19.3 Å². The summed E-state index contributed by atoms with van der Waals surface area (Å²) in [5, 5.41) is 12.2. The van der Waals surface area contributed by atoms with E-state index in [1.807, 2.05) is 18.0 Å². The molecule has 2 heterocycles. The molecule has 0 saturated carbocycles. The quantitative estimate of drug-likeness (QED) is 0.902. The molecule has 0 bridgehead atoms. The minimum absolute atomic E-state index is 0.0795. The monoisotopic (exact) mass is 343 g/mol. The van der Waals surface area contributed by atoms with Crippen LogP contribution in [0.3, 0.4) is 0 Å². The zero-order chi connectivity index (χ0) is 17.2. The van der Waals surface area contributed by atoms with Gasteiger partial charge in [-0.15, -0.1) is 0 Å². The van der Waals surface area contributed by atoms with E-state index in [1.165, 1.54) is 0 Å². The number of nitriles is 1. The molecule has 1 saturated heterocycles. The summed E-state index contributed by atoms with van der Waals surface area (Å²) in [4.78, 5) is 10.5. The van der Waals surface area contributed by atoms with Gasteiger partial charge < -0.3 is 10.2 Å². The molecular weight excluding hydrogens is 326 g/mol. The van der Waals surface area contributed by atoms with Crippen LogP contribution in [0.5, 0.6) is 0 Å². The van der Waals surface area contributed by atoms with Crippen molar-refractivity contribution in [3.8, 4) is 6.07 Å². The van der Waals surface area contributed by atoms with E-state index >= 15 is 0 Å². The highest BCUT2D eigenvalue weighted by molar-refractivity contribution is 7.91. The van der Waals surface area contributed by atoms with E-state index in [0.717, 1.165) is 0 Å². The van der Waals surface area contributed by atoms with Gasteiger partial charge in [0.15, 0.2) is 9.84 Å². The van der Waals surface area contributed by atoms with Gasteiger partial charge in [-0.2, -0.15) is 10.2 Å². The molecule has 1 atom stereocenters. The Hall–Kier alpha value is -2.66. The Labute approximate surface area is 140 Å². The van der Waals surface area contributed by atoms with Crippen LogP contribution >= 0.6 is 0 Å². The molecule has 0 spiro atoms. The van der Waals surface area contributed by atoms with Gasteiger partial charge in [0.2, 0.25) is 5.95 Å². The molecule has 7 nitrogen and oxygen atoms in total. The molecule has 3 rings (SSSR count). The molecule has 24 heavy (non-hydrogen) atoms. The summed E-state index contributed by atoms with van der Waals surface area (Å²) >= 11 is 0. The number of aromatic nitrogens is 2. The molecule has 0 aliphatic carbocycles. The molecule has 0 radical (unpaired) electrons. The van der Waals surface area contributed by atoms with Crippen molar-refractivity contribution >= 4 is 27.3 Å². The van der Waals surface area contributed by atoms with E-state index in [-0.39, 0.29) is 17.5 Å². The Morgan fingerprint density at radius 1 is 1.33 bits per heavy atom. The van der Waals surface area contributed by atoms with Crippen molar-refractivity contribution in [1.82, 2.24) is 9.97 Å². The van der Waals surface area contributed by atoms with Crippen LogP contribution in [0.1, 0.15) is 12.0 Å². The second-order valence-electron chi connectivity index (χ2n) is 5.69. The molecule has 2 aromatic rings. The van der Waals surface area contributed by atoms with Gasteiger partial charge >= 0.3 is 0 Å². The molecule has 1 aliphatic rings. The molecular formula is C16H17N5O2S. The Balaban J connectivity index is 1.81. The average molecular weight is 343 g/mol. The average Bonchev–Trinajstić information content (AvgIpc) is 2.95. The number of sulfone groups is 1. The fourth-order valence-corrected chi connectivity index (χ4v) is 4.46. The summed E-state index contributed by atoms with van der Waals surface area (Å²) in [6.07, 6.45) is 2.21. The smallest absolute Gasteiger partial charge is 0.229 e. The minimum atomic E-state index is -2.95. The van der Waals surface area contributed by atoms with Crippen LogP contribution in [0.25, 0.3) is 0 Å². The molecule has 1 unspecified atom stereocenters. The number of rotatable bonds is 4. The number of nitrogens with one attached hydrogen (secondary N) is 1. The van der Waals surface area contributed by atoms with Crippen molar-refractivity contribution < 1.29 is 8.42 Å². The molecule has 1 N–H and O–H groups in total. The highest BCUT2D eigenvalue weighted by atomic mass is 32.2. The van der Waals surface area contributed by atoms with Crippen LogP contribution in [-0.4, -0.2) is 43.0 Å². The Morgan fingerprint density at radius 3 is 2.83 bits per heavy atom. The largest absolute Gasteiger partial charge is 0.355 e. The lowest BCUT2D eigenvalue weighted by atomic mass is 10.2. The zero-order valence-electron chi connectivity index (χ0n) is 13.2. The first-order chi connectivity index (χ1) is 11.5. The lowest BCUT2D eigenvalue weighted by Gasteiger charge is -2.24. The van der Waals surface area contributed by atoms with E-state index < -0.39 is 9.84 Å². The Morgan fingerprint density at radius 2 is 2.12 bits per heavy atom. The van der Waals surface area contributed by atoms with Crippen LogP contribution in [0, 0.1) is 11.3 Å². The van der Waals surface area contributed by atoms with Crippen LogP contribution in [0.15, 0.2) is 36.5 Å². The number of para-hydroxylation sites is 1. The zero-order valence-corrected chi connectivity index (χ0v) is 14.0. The molecule has 1 aliphatic heterocycles. The third kappa shape index (κ3) is 3.46. The summed E-state index contributed by atoms with van der Waals surface area (Å²) in [5.74, 6) is 1.37. The Bertz CT molecular complexity index is 891. The fraction of sp³-hybridized carbons (Fsp3) is 0.312. The van der Waals surface area contributed by atoms with Crippen molar-refractivity contribution in [3.05, 3.63) is 42.1 Å². The second-order valence-corrected chi connectivity index (χ2v) is 7.92. The first-order valence-corrected chi connectivity index (χ1v) is 9.33. The SMILES string of the molecule is CN(c1ccnc(Nc2ccccc2C#N)n1)C1CCS(=O)(=O)C1. The highest BCUT2D eigenvalue weighted by Crippen LogP contribution is 2.23. The van der Waals surface area contributed by atoms with Crippen molar-refractivity contribution in [2.75, 3.05) is 28.8 Å². The van der Waals surface area contributed by atoms with Crippen LogP contribution < -0.4 is 10.2 Å². The summed E-state index contributed by atoms with van der Waals surface area (Å²) < 4.78 is 23.3. The fourth-order valence-electron chi connectivity index (χ4n) is 2.68. The maximum atomic E-state index is 11.7. The summed E-state index contributed by atoms with van der Waals surface area (Å²) in [7, 11) is -1.12. The van der Waals surface area contributed by atoms with Crippen LogP contribution in [0.4, 0.5) is 17.5 Å². The molecule has 1 aromatic heterocycles. The van der Waals surface area contributed by atoms with E-state index in [4.69, 9.17) is 5.26 Å². The predicted molar refractivity (Wildman–Crippen MR) is 91.9 cm³/mol. The lowest BCUT2D eigenvalue weighted by Crippen LogP contribution is -2.33. The van der Waals surface area contributed by atoms with Gasteiger partial charge in [-0.3, -0.25) is 0 Å². The summed E-state index contributed by atoms with van der Waals surface area (Å²) in [6.45, 7) is 0. The second kappa shape index (κ2) is 6.45. The molecule has 1 fully saturated rings. The minimum Gasteiger partial charge on any atom is -0.355 e. The number of benzene rings is 1. The predicted octanol–water partition coefficient (Wildman–Crippen LogP) is 1.72. The van der Waals surface area contributed by atoms with E-state index in [1.54, 1.807) is 30.5 Å². The number of nitrogens with zero attached hydrogens (tertiary/aromatic N) is 4. The summed E-state index contributed by atoms with van der Waals surface area (Å²) in [6, 6.07) is 10.9. The third-order valence-electron chi connectivity index (χ3n) is 4.05. The van der Waals surface area contributed by atoms with Crippen LogP contribution in [0.2, 0.25) is 0 Å². The normalized spacial score (nSPS) is 18.8. The third-order valence-corrected chi connectivity index (χ3v) is 5.80. The van der Waals surface area contributed by atoms with Crippen molar-refractivity contribution in [2.24, 2.45) is 0 Å².